The van der Waals surface area contributed by atoms with E-state index in [2.05, 4.69) is 41.5 Å². The van der Waals surface area contributed by atoms with Gasteiger partial charge in [-0.05, 0) is 46.2 Å². The summed E-state index contributed by atoms with van der Waals surface area (Å²) in [5, 5.41) is 13.6. The third kappa shape index (κ3) is 4.50. The molecule has 3 rings (SSSR count). The number of hydrogen-bond acceptors (Lipinski definition) is 5. The number of ether oxygens (including phenoxy) is 1. The zero-order chi connectivity index (χ0) is 18.5. The fourth-order valence-electron chi connectivity index (χ4n) is 2.33. The predicted molar refractivity (Wildman–Crippen MR) is 106 cm³/mol. The van der Waals surface area contributed by atoms with Crippen molar-refractivity contribution >= 4 is 35.0 Å². The van der Waals surface area contributed by atoms with Crippen LogP contribution >= 0.6 is 35.0 Å². The monoisotopic (exact) mass is 408 g/mol. The third-order valence-electron chi connectivity index (χ3n) is 3.73. The molecule has 5 nitrogen and oxygen atoms in total. The molecular weight excluding hydrogens is 391 g/mol. The van der Waals surface area contributed by atoms with Gasteiger partial charge in [0.1, 0.15) is 0 Å². The van der Waals surface area contributed by atoms with Gasteiger partial charge in [-0.2, -0.15) is 4.68 Å². The van der Waals surface area contributed by atoms with Crippen molar-refractivity contribution in [1.82, 2.24) is 20.2 Å². The molecule has 0 saturated heterocycles. The van der Waals surface area contributed by atoms with Crippen LogP contribution in [0, 0.1) is 0 Å². The zero-order valence-electron chi connectivity index (χ0n) is 14.4. The minimum absolute atomic E-state index is 0.438. The van der Waals surface area contributed by atoms with E-state index < -0.39 is 0 Å². The molecule has 2 aromatic carbocycles. The van der Waals surface area contributed by atoms with Crippen LogP contribution in [0.15, 0.2) is 47.6 Å². The molecule has 0 fully saturated rings. The van der Waals surface area contributed by atoms with Gasteiger partial charge >= 0.3 is 0 Å². The molecule has 0 radical (unpaired) electrons. The molecule has 136 valence electrons. The summed E-state index contributed by atoms with van der Waals surface area (Å²) in [6.07, 6.45) is 0. The molecule has 1 aromatic heterocycles. The lowest BCUT2D eigenvalue weighted by Gasteiger charge is -2.10. The molecular formula is C18H18Cl2N4OS. The van der Waals surface area contributed by atoms with Crippen molar-refractivity contribution in [2.24, 2.45) is 0 Å². The highest BCUT2D eigenvalue weighted by atomic mass is 35.5. The average Bonchev–Trinajstić information content (AvgIpc) is 3.09. The topological polar surface area (TPSA) is 52.8 Å². The highest BCUT2D eigenvalue weighted by molar-refractivity contribution is 7.99. The van der Waals surface area contributed by atoms with Gasteiger partial charge in [-0.1, -0.05) is 67.0 Å². The summed E-state index contributed by atoms with van der Waals surface area (Å²) < 4.78 is 7.41. The number of hydrogen-bond donors (Lipinski definition) is 0. The summed E-state index contributed by atoms with van der Waals surface area (Å²) >= 11 is 13.7. The second-order valence-corrected chi connectivity index (χ2v) is 7.74. The predicted octanol–water partition coefficient (Wildman–Crippen LogP) is 5.26. The molecule has 0 aliphatic carbocycles. The number of thioether (sulfide) groups is 1. The summed E-state index contributed by atoms with van der Waals surface area (Å²) in [6.45, 7) is 4.77. The molecule has 0 spiro atoms. The normalized spacial score (nSPS) is 11.1. The van der Waals surface area contributed by atoms with Crippen LogP contribution in [0.25, 0.3) is 5.69 Å². The van der Waals surface area contributed by atoms with Gasteiger partial charge < -0.3 is 4.74 Å². The fraction of sp³-hybridized carbons (Fsp3) is 0.278. The molecule has 0 atom stereocenters. The molecule has 1 heterocycles. The first-order chi connectivity index (χ1) is 12.6. The van der Waals surface area contributed by atoms with Crippen LogP contribution in [0.2, 0.25) is 10.0 Å². The quantitative estimate of drug-likeness (QED) is 0.393. The second-order valence-electron chi connectivity index (χ2n) is 5.87. The standard InChI is InChI=1S/C18H18Cl2N4OS/c1-12(2)13-6-8-14(9-7-13)24-18(21-22-23-24)26-11-10-25-17-15(19)4-3-5-16(17)20/h3-9,12H,10-11H2,1-2H3. The molecule has 0 bridgehead atoms. The number of halogens is 2. The Morgan fingerprint density at radius 2 is 1.77 bits per heavy atom. The van der Waals surface area contributed by atoms with E-state index in [0.29, 0.717) is 39.2 Å². The number of aromatic nitrogens is 4. The first-order valence-electron chi connectivity index (χ1n) is 8.14. The van der Waals surface area contributed by atoms with Crippen molar-refractivity contribution in [3.63, 3.8) is 0 Å². The van der Waals surface area contributed by atoms with E-state index in [4.69, 9.17) is 27.9 Å². The minimum Gasteiger partial charge on any atom is -0.490 e. The Morgan fingerprint density at radius 1 is 1.08 bits per heavy atom. The number of tetrazole rings is 1. The van der Waals surface area contributed by atoms with Gasteiger partial charge in [0, 0.05) is 5.75 Å². The fourth-order valence-corrected chi connectivity index (χ4v) is 3.54. The van der Waals surface area contributed by atoms with Crippen LogP contribution in [0.3, 0.4) is 0 Å². The Kier molecular flexibility index (Phi) is 6.40. The highest BCUT2D eigenvalue weighted by Crippen LogP contribution is 2.32. The maximum Gasteiger partial charge on any atom is 0.214 e. The highest BCUT2D eigenvalue weighted by Gasteiger charge is 2.11. The number of rotatable bonds is 7. The Labute approximate surface area is 166 Å². The maximum atomic E-state index is 6.10. The minimum atomic E-state index is 0.438. The van der Waals surface area contributed by atoms with E-state index in [1.807, 2.05) is 12.1 Å². The third-order valence-corrected chi connectivity index (χ3v) is 5.20. The second kappa shape index (κ2) is 8.75. The van der Waals surface area contributed by atoms with Crippen LogP contribution in [-0.2, 0) is 0 Å². The van der Waals surface area contributed by atoms with Gasteiger partial charge in [0.05, 0.1) is 22.3 Å². The average molecular weight is 409 g/mol. The molecule has 0 saturated carbocycles. The van der Waals surface area contributed by atoms with Crippen LogP contribution in [-0.4, -0.2) is 32.6 Å². The van der Waals surface area contributed by atoms with E-state index in [9.17, 15) is 0 Å². The van der Waals surface area contributed by atoms with Crippen molar-refractivity contribution in [2.75, 3.05) is 12.4 Å². The molecule has 0 unspecified atom stereocenters. The SMILES string of the molecule is CC(C)c1ccc(-n2nnnc2SCCOc2c(Cl)cccc2Cl)cc1. The molecule has 0 aliphatic rings. The first-order valence-corrected chi connectivity index (χ1v) is 9.88. The van der Waals surface area contributed by atoms with Crippen LogP contribution < -0.4 is 4.74 Å². The van der Waals surface area contributed by atoms with E-state index in [-0.39, 0.29) is 0 Å². The molecule has 8 heteroatoms. The summed E-state index contributed by atoms with van der Waals surface area (Å²) in [4.78, 5) is 0. The molecule has 0 N–H and O–H groups in total. The number of benzene rings is 2. The Balaban J connectivity index is 1.61. The van der Waals surface area contributed by atoms with Gasteiger partial charge in [-0.25, -0.2) is 0 Å². The van der Waals surface area contributed by atoms with Crippen molar-refractivity contribution in [1.29, 1.82) is 0 Å². The summed E-state index contributed by atoms with van der Waals surface area (Å²) in [7, 11) is 0. The molecule has 3 aromatic rings. The van der Waals surface area contributed by atoms with Gasteiger partial charge in [0.25, 0.3) is 0 Å². The van der Waals surface area contributed by atoms with E-state index in [1.165, 1.54) is 17.3 Å². The summed E-state index contributed by atoms with van der Waals surface area (Å²) in [5.74, 6) is 1.65. The van der Waals surface area contributed by atoms with E-state index in [1.54, 1.807) is 22.9 Å². The van der Waals surface area contributed by atoms with Crippen molar-refractivity contribution in [3.8, 4) is 11.4 Å². The van der Waals surface area contributed by atoms with Crippen molar-refractivity contribution in [3.05, 3.63) is 58.1 Å². The lowest BCUT2D eigenvalue weighted by molar-refractivity contribution is 0.344. The van der Waals surface area contributed by atoms with E-state index in [0.717, 1.165) is 5.69 Å². The largest absolute Gasteiger partial charge is 0.490 e. The zero-order valence-corrected chi connectivity index (χ0v) is 16.7. The van der Waals surface area contributed by atoms with E-state index >= 15 is 0 Å². The number of nitrogens with zero attached hydrogens (tertiary/aromatic N) is 4. The Bertz CT molecular complexity index is 848. The lowest BCUT2D eigenvalue weighted by Crippen LogP contribution is -2.04. The van der Waals surface area contributed by atoms with Gasteiger partial charge in [-0.15, -0.1) is 5.10 Å². The number of para-hydroxylation sites is 1. The van der Waals surface area contributed by atoms with Crippen LogP contribution in [0.4, 0.5) is 0 Å². The van der Waals surface area contributed by atoms with Gasteiger partial charge in [0.2, 0.25) is 5.16 Å². The smallest absolute Gasteiger partial charge is 0.214 e. The Morgan fingerprint density at radius 3 is 2.42 bits per heavy atom. The molecule has 0 amide bonds. The Hall–Kier alpha value is -1.76. The van der Waals surface area contributed by atoms with Gasteiger partial charge in [-0.3, -0.25) is 0 Å². The summed E-state index contributed by atoms with van der Waals surface area (Å²) in [5.41, 5.74) is 2.21. The van der Waals surface area contributed by atoms with Crippen LogP contribution in [0.5, 0.6) is 5.75 Å². The summed E-state index contributed by atoms with van der Waals surface area (Å²) in [6, 6.07) is 13.5. The molecule has 26 heavy (non-hydrogen) atoms. The molecule has 0 aliphatic heterocycles. The maximum absolute atomic E-state index is 6.10. The van der Waals surface area contributed by atoms with Crippen molar-refractivity contribution < 1.29 is 4.74 Å². The lowest BCUT2D eigenvalue weighted by atomic mass is 10.0. The van der Waals surface area contributed by atoms with Crippen molar-refractivity contribution in [2.45, 2.75) is 24.9 Å². The van der Waals surface area contributed by atoms with Crippen LogP contribution in [0.1, 0.15) is 25.3 Å². The van der Waals surface area contributed by atoms with Gasteiger partial charge in [0.15, 0.2) is 5.75 Å². The first kappa shape index (κ1) is 19.0.